The van der Waals surface area contributed by atoms with Gasteiger partial charge in [-0.1, -0.05) is 19.8 Å². The van der Waals surface area contributed by atoms with Gasteiger partial charge in [0.05, 0.1) is 0 Å². The van der Waals surface area contributed by atoms with Crippen molar-refractivity contribution in [3.8, 4) is 0 Å². The molecule has 0 saturated heterocycles. The third-order valence-electron chi connectivity index (χ3n) is 4.61. The smallest absolute Gasteiger partial charge is 0.315 e. The van der Waals surface area contributed by atoms with E-state index in [-0.39, 0.29) is 18.0 Å². The molecule has 1 rings (SSSR count). The summed E-state index contributed by atoms with van der Waals surface area (Å²) in [5.74, 6) is 0.581. The van der Waals surface area contributed by atoms with Crippen LogP contribution in [0.25, 0.3) is 0 Å². The van der Waals surface area contributed by atoms with Crippen LogP contribution in [0, 0.1) is 5.92 Å². The normalized spacial score (nSPS) is 30.6. The molecule has 3 unspecified atom stereocenters. The molecule has 1 fully saturated rings. The van der Waals surface area contributed by atoms with Crippen molar-refractivity contribution >= 4 is 0 Å². The lowest BCUT2D eigenvalue weighted by atomic mass is 9.70. The lowest BCUT2D eigenvalue weighted by Gasteiger charge is -2.50. The zero-order chi connectivity index (χ0) is 14.7. The monoisotopic (exact) mass is 280 g/mol. The highest BCUT2D eigenvalue weighted by Crippen LogP contribution is 2.40. The van der Waals surface area contributed by atoms with Crippen molar-refractivity contribution in [3.63, 3.8) is 0 Å². The summed E-state index contributed by atoms with van der Waals surface area (Å²) in [7, 11) is 5.78. The summed E-state index contributed by atoms with van der Waals surface area (Å²) < 4.78 is 37.4. The van der Waals surface area contributed by atoms with Crippen LogP contribution in [0.15, 0.2) is 0 Å². The van der Waals surface area contributed by atoms with Crippen molar-refractivity contribution in [1.29, 1.82) is 0 Å². The second kappa shape index (κ2) is 6.44. The quantitative estimate of drug-likeness (QED) is 0.830. The third kappa shape index (κ3) is 4.35. The summed E-state index contributed by atoms with van der Waals surface area (Å²) in [4.78, 5) is 2.14. The van der Waals surface area contributed by atoms with Gasteiger partial charge in [0.15, 0.2) is 0 Å². The van der Waals surface area contributed by atoms with Gasteiger partial charge in [-0.25, -0.2) is 0 Å². The summed E-state index contributed by atoms with van der Waals surface area (Å²) in [5.41, 5.74) is -0.141. The summed E-state index contributed by atoms with van der Waals surface area (Å²) in [6.45, 7) is 2.20. The molecule has 0 radical (unpaired) electrons. The molecule has 0 aromatic rings. The fraction of sp³-hybridized carbons (Fsp3) is 1.00. The highest BCUT2D eigenvalue weighted by Gasteiger charge is 2.44. The van der Waals surface area contributed by atoms with Gasteiger partial charge in [-0.2, -0.15) is 13.2 Å². The van der Waals surface area contributed by atoms with Crippen molar-refractivity contribution in [2.75, 3.05) is 21.1 Å². The molecule has 0 bridgehead atoms. The zero-order valence-corrected chi connectivity index (χ0v) is 12.5. The van der Waals surface area contributed by atoms with E-state index in [0.717, 1.165) is 19.3 Å². The minimum atomic E-state index is -4.07. The van der Waals surface area contributed by atoms with Crippen LogP contribution in [-0.4, -0.2) is 43.8 Å². The molecule has 0 spiro atoms. The molecule has 2 nitrogen and oxygen atoms in total. The Kier molecular flexibility index (Phi) is 5.68. The highest BCUT2D eigenvalue weighted by atomic mass is 19.4. The van der Waals surface area contributed by atoms with Gasteiger partial charge in [0.25, 0.3) is 0 Å². The molecule has 0 heterocycles. The average molecular weight is 280 g/mol. The number of hydrogen-bond donors (Lipinski definition) is 1. The van der Waals surface area contributed by atoms with E-state index in [9.17, 15) is 13.2 Å². The number of likely N-dealkylation sites (N-methyl/N-ethyl adjacent to an activating group) is 2. The summed E-state index contributed by atoms with van der Waals surface area (Å²) in [6.07, 6.45) is -0.373. The predicted molar refractivity (Wildman–Crippen MR) is 72.2 cm³/mol. The first-order valence-corrected chi connectivity index (χ1v) is 7.13. The molecule has 1 N–H and O–H groups in total. The Hall–Kier alpha value is -0.290. The van der Waals surface area contributed by atoms with Crippen LogP contribution in [0.5, 0.6) is 0 Å². The van der Waals surface area contributed by atoms with Crippen molar-refractivity contribution in [2.45, 2.75) is 63.2 Å². The number of nitrogens with one attached hydrogen (secondary N) is 1. The predicted octanol–water partition coefficient (Wildman–Crippen LogP) is 3.43. The minimum Gasteiger partial charge on any atom is -0.315 e. The van der Waals surface area contributed by atoms with E-state index >= 15 is 0 Å². The Morgan fingerprint density at radius 3 is 2.42 bits per heavy atom. The fourth-order valence-electron chi connectivity index (χ4n) is 3.59. The molecule has 0 amide bonds. The molecule has 0 aromatic heterocycles. The number of rotatable bonds is 5. The molecule has 1 aliphatic rings. The molecule has 19 heavy (non-hydrogen) atoms. The molecule has 114 valence electrons. The van der Waals surface area contributed by atoms with Gasteiger partial charge in [0.1, 0.15) is 0 Å². The summed E-state index contributed by atoms with van der Waals surface area (Å²) in [6, 6.07) is -0.105. The number of alkyl halides is 3. The van der Waals surface area contributed by atoms with E-state index in [0.29, 0.717) is 5.92 Å². The van der Waals surface area contributed by atoms with Crippen LogP contribution in [0.1, 0.15) is 45.4 Å². The van der Waals surface area contributed by atoms with Gasteiger partial charge >= 0.3 is 6.18 Å². The first-order chi connectivity index (χ1) is 8.71. The van der Waals surface area contributed by atoms with E-state index in [4.69, 9.17) is 0 Å². The van der Waals surface area contributed by atoms with Gasteiger partial charge in [0, 0.05) is 18.0 Å². The second-order valence-electron chi connectivity index (χ2n) is 6.19. The van der Waals surface area contributed by atoms with E-state index < -0.39 is 12.6 Å². The Morgan fingerprint density at radius 1 is 1.37 bits per heavy atom. The first-order valence-electron chi connectivity index (χ1n) is 7.13. The van der Waals surface area contributed by atoms with Crippen molar-refractivity contribution < 1.29 is 13.2 Å². The van der Waals surface area contributed by atoms with E-state index in [1.165, 1.54) is 6.42 Å². The van der Waals surface area contributed by atoms with Crippen LogP contribution >= 0.6 is 0 Å². The van der Waals surface area contributed by atoms with Crippen molar-refractivity contribution in [2.24, 2.45) is 5.92 Å². The molecular formula is C14H27F3N2. The maximum absolute atomic E-state index is 12.5. The van der Waals surface area contributed by atoms with Crippen molar-refractivity contribution in [3.05, 3.63) is 0 Å². The SMILES string of the molecule is CNC(CCC(F)(F)F)C1(N(C)C)CCCC(C)C1. The molecule has 1 saturated carbocycles. The second-order valence-corrected chi connectivity index (χ2v) is 6.19. The Balaban J connectivity index is 2.82. The van der Waals surface area contributed by atoms with Gasteiger partial charge in [-0.3, -0.25) is 0 Å². The van der Waals surface area contributed by atoms with E-state index in [2.05, 4.69) is 17.1 Å². The van der Waals surface area contributed by atoms with E-state index in [1.807, 2.05) is 14.1 Å². The van der Waals surface area contributed by atoms with Gasteiger partial charge in [-0.05, 0) is 46.3 Å². The number of nitrogens with zero attached hydrogens (tertiary/aromatic N) is 1. The van der Waals surface area contributed by atoms with Gasteiger partial charge in [-0.15, -0.1) is 0 Å². The molecule has 1 aliphatic carbocycles. The third-order valence-corrected chi connectivity index (χ3v) is 4.61. The number of halogens is 3. The summed E-state index contributed by atoms with van der Waals surface area (Å²) in [5, 5.41) is 3.15. The standard InChI is InChI=1S/C14H27F3N2/c1-11-6-5-8-13(10-11,19(3)4)12(18-2)7-9-14(15,16)17/h11-12,18H,5-10H2,1-4H3. The Labute approximate surface area is 114 Å². The highest BCUT2D eigenvalue weighted by molar-refractivity contribution is 5.01. The van der Waals surface area contributed by atoms with Gasteiger partial charge < -0.3 is 10.2 Å². The fourth-order valence-corrected chi connectivity index (χ4v) is 3.59. The zero-order valence-electron chi connectivity index (χ0n) is 12.5. The average Bonchev–Trinajstić information content (AvgIpc) is 2.28. The molecule has 0 aliphatic heterocycles. The van der Waals surface area contributed by atoms with Gasteiger partial charge in [0.2, 0.25) is 0 Å². The maximum atomic E-state index is 12.5. The topological polar surface area (TPSA) is 15.3 Å². The molecular weight excluding hydrogens is 253 g/mol. The van der Waals surface area contributed by atoms with Crippen LogP contribution in [0.2, 0.25) is 0 Å². The lowest BCUT2D eigenvalue weighted by Crippen LogP contribution is -2.60. The number of hydrogen-bond acceptors (Lipinski definition) is 2. The molecule has 3 atom stereocenters. The largest absolute Gasteiger partial charge is 0.389 e. The van der Waals surface area contributed by atoms with Crippen molar-refractivity contribution in [1.82, 2.24) is 10.2 Å². The summed E-state index contributed by atoms with van der Waals surface area (Å²) >= 11 is 0. The molecule has 5 heteroatoms. The maximum Gasteiger partial charge on any atom is 0.389 e. The molecule has 0 aromatic carbocycles. The van der Waals surface area contributed by atoms with Crippen LogP contribution in [0.3, 0.4) is 0 Å². The Morgan fingerprint density at radius 2 is 2.00 bits per heavy atom. The van der Waals surface area contributed by atoms with Crippen LogP contribution < -0.4 is 5.32 Å². The van der Waals surface area contributed by atoms with E-state index in [1.54, 1.807) is 7.05 Å². The first kappa shape index (κ1) is 16.8. The lowest BCUT2D eigenvalue weighted by molar-refractivity contribution is -0.139. The van der Waals surface area contributed by atoms with Crippen LogP contribution in [-0.2, 0) is 0 Å². The minimum absolute atomic E-state index is 0.105. The van der Waals surface area contributed by atoms with Crippen LogP contribution in [0.4, 0.5) is 13.2 Å². The Bertz CT molecular complexity index is 278.